The first-order valence-electron chi connectivity index (χ1n) is 7.75. The zero-order valence-electron chi connectivity index (χ0n) is 14.5. The molecule has 28 heavy (non-hydrogen) atoms. The first-order chi connectivity index (χ1) is 12.6. The van der Waals surface area contributed by atoms with Crippen LogP contribution in [0.2, 0.25) is 0 Å². The zero-order chi connectivity index (χ0) is 21.5. The molecule has 0 fully saturated rings. The summed E-state index contributed by atoms with van der Waals surface area (Å²) in [6.45, 7) is 0. The minimum Gasteiger partial charge on any atom is -0.378 e. The molecule has 154 valence electrons. The lowest BCUT2D eigenvalue weighted by molar-refractivity contribution is -0.336. The van der Waals surface area contributed by atoms with Gasteiger partial charge in [-0.25, -0.2) is 0 Å². The molecule has 0 spiro atoms. The van der Waals surface area contributed by atoms with Crippen molar-refractivity contribution >= 4 is 5.69 Å². The second-order valence-corrected chi connectivity index (χ2v) is 6.30. The van der Waals surface area contributed by atoms with Crippen molar-refractivity contribution in [3.05, 3.63) is 65.2 Å². The highest BCUT2D eigenvalue weighted by molar-refractivity contribution is 5.50. The second-order valence-electron chi connectivity index (χ2n) is 6.30. The molecule has 0 saturated heterocycles. The van der Waals surface area contributed by atoms with E-state index in [0.29, 0.717) is 30.0 Å². The highest BCUT2D eigenvalue weighted by Crippen LogP contribution is 2.52. The van der Waals surface area contributed by atoms with E-state index >= 15 is 0 Å². The van der Waals surface area contributed by atoms with E-state index in [2.05, 4.69) is 0 Å². The van der Waals surface area contributed by atoms with E-state index in [1.165, 1.54) is 12.1 Å². The number of rotatable bonds is 4. The van der Waals surface area contributed by atoms with Gasteiger partial charge in [-0.3, -0.25) is 0 Å². The molecule has 2 aromatic carbocycles. The van der Waals surface area contributed by atoms with Crippen molar-refractivity contribution in [1.82, 2.24) is 0 Å². The number of anilines is 1. The first-order valence-corrected chi connectivity index (χ1v) is 7.75. The molecule has 1 unspecified atom stereocenters. The van der Waals surface area contributed by atoms with E-state index in [1.807, 2.05) is 0 Å². The molecule has 0 aliphatic rings. The molecular weight excluding hydrogens is 398 g/mol. The first kappa shape index (κ1) is 21.9. The van der Waals surface area contributed by atoms with E-state index in [0.717, 1.165) is 12.1 Å². The molecular formula is C18H15F8NO. The lowest BCUT2D eigenvalue weighted by Gasteiger charge is -2.37. The zero-order valence-corrected chi connectivity index (χ0v) is 14.5. The molecule has 1 N–H and O–H groups in total. The van der Waals surface area contributed by atoms with E-state index in [1.54, 1.807) is 19.0 Å². The number of hydrogen-bond acceptors (Lipinski definition) is 2. The maximum atomic E-state index is 14.3. The Bertz CT molecular complexity index is 809. The molecule has 0 radical (unpaired) electrons. The molecule has 0 aromatic heterocycles. The number of halogens is 8. The van der Waals surface area contributed by atoms with Gasteiger partial charge in [0.25, 0.3) is 0 Å². The fraction of sp³-hybridized carbons (Fsp3) is 0.333. The molecule has 0 heterocycles. The summed E-state index contributed by atoms with van der Waals surface area (Å²) in [5.74, 6) is -5.68. The lowest BCUT2D eigenvalue weighted by Crippen LogP contribution is -2.55. The van der Waals surface area contributed by atoms with Crippen molar-refractivity contribution in [2.75, 3.05) is 19.0 Å². The highest BCUT2D eigenvalue weighted by Gasteiger charge is 2.71. The summed E-state index contributed by atoms with van der Waals surface area (Å²) >= 11 is 0. The van der Waals surface area contributed by atoms with Gasteiger partial charge in [0.05, 0.1) is 5.56 Å². The van der Waals surface area contributed by atoms with Crippen LogP contribution in [-0.2, 0) is 11.8 Å². The molecule has 0 saturated carbocycles. The predicted octanol–water partition coefficient (Wildman–Crippen LogP) is 5.20. The predicted molar refractivity (Wildman–Crippen MR) is 86.2 cm³/mol. The maximum absolute atomic E-state index is 14.3. The van der Waals surface area contributed by atoms with Crippen LogP contribution in [0.4, 0.5) is 40.8 Å². The Morgan fingerprint density at radius 2 is 1.00 bits per heavy atom. The Labute approximate surface area is 155 Å². The molecule has 0 aliphatic heterocycles. The Balaban J connectivity index is 2.70. The topological polar surface area (TPSA) is 23.5 Å². The molecule has 0 bridgehead atoms. The maximum Gasteiger partial charge on any atom is 0.457 e. The Morgan fingerprint density at radius 1 is 0.643 bits per heavy atom. The average molecular weight is 413 g/mol. The Hall–Kier alpha value is -2.36. The minimum atomic E-state index is -6.16. The number of benzene rings is 2. The third-order valence-electron chi connectivity index (χ3n) is 4.24. The van der Waals surface area contributed by atoms with Crippen LogP contribution in [0, 0.1) is 0 Å². The SMILES string of the molecule is CN(C)c1ccc(C(O)(c2ccc(C(F)(F)F)cc2)C(F)(F)C(F)(F)F)cc1. The smallest absolute Gasteiger partial charge is 0.378 e. The highest BCUT2D eigenvalue weighted by atomic mass is 19.4. The van der Waals surface area contributed by atoms with Gasteiger partial charge in [0.1, 0.15) is 0 Å². The molecule has 1 atom stereocenters. The molecule has 10 heteroatoms. The number of hydrogen-bond donors (Lipinski definition) is 1. The summed E-state index contributed by atoms with van der Waals surface area (Å²) in [7, 11) is 3.20. The van der Waals surface area contributed by atoms with Gasteiger partial charge in [0.2, 0.25) is 0 Å². The fourth-order valence-corrected chi connectivity index (χ4v) is 2.64. The van der Waals surface area contributed by atoms with Crippen molar-refractivity contribution in [3.63, 3.8) is 0 Å². The van der Waals surface area contributed by atoms with Gasteiger partial charge >= 0.3 is 18.3 Å². The van der Waals surface area contributed by atoms with Crippen molar-refractivity contribution in [3.8, 4) is 0 Å². The Morgan fingerprint density at radius 3 is 1.32 bits per heavy atom. The lowest BCUT2D eigenvalue weighted by atomic mass is 9.80. The van der Waals surface area contributed by atoms with E-state index in [-0.39, 0.29) is 0 Å². The second kappa shape index (κ2) is 6.91. The van der Waals surface area contributed by atoms with Crippen LogP contribution in [0.15, 0.2) is 48.5 Å². The van der Waals surface area contributed by atoms with Gasteiger partial charge in [0.15, 0.2) is 5.60 Å². The van der Waals surface area contributed by atoms with E-state index in [4.69, 9.17) is 0 Å². The fourth-order valence-electron chi connectivity index (χ4n) is 2.64. The van der Waals surface area contributed by atoms with Crippen LogP contribution in [0.25, 0.3) is 0 Å². The molecule has 2 aromatic rings. The molecule has 2 nitrogen and oxygen atoms in total. The van der Waals surface area contributed by atoms with Crippen LogP contribution in [0.1, 0.15) is 16.7 Å². The largest absolute Gasteiger partial charge is 0.457 e. The summed E-state index contributed by atoms with van der Waals surface area (Å²) in [4.78, 5) is 1.54. The van der Waals surface area contributed by atoms with Crippen LogP contribution < -0.4 is 4.90 Å². The standard InChI is InChI=1S/C18H15F8NO/c1-27(2)14-9-7-12(8-10-14)15(28,17(22,23)18(24,25)26)11-3-5-13(6-4-11)16(19,20)21/h3-10,28H,1-2H3. The normalized spacial score (nSPS) is 15.2. The van der Waals surface area contributed by atoms with Gasteiger partial charge in [0, 0.05) is 19.8 Å². The number of aliphatic hydroxyl groups is 1. The summed E-state index contributed by atoms with van der Waals surface area (Å²) in [5, 5.41) is 10.6. The summed E-state index contributed by atoms with van der Waals surface area (Å²) in [6, 6.07) is 5.62. The van der Waals surface area contributed by atoms with Gasteiger partial charge in [-0.05, 0) is 35.4 Å². The van der Waals surface area contributed by atoms with Crippen molar-refractivity contribution in [2.24, 2.45) is 0 Å². The average Bonchev–Trinajstić information content (AvgIpc) is 2.59. The van der Waals surface area contributed by atoms with Crippen LogP contribution in [-0.4, -0.2) is 31.3 Å². The third kappa shape index (κ3) is 3.65. The van der Waals surface area contributed by atoms with Crippen molar-refractivity contribution < 1.29 is 40.2 Å². The number of alkyl halides is 8. The van der Waals surface area contributed by atoms with E-state index in [9.17, 15) is 40.2 Å². The molecule has 0 aliphatic carbocycles. The van der Waals surface area contributed by atoms with Crippen LogP contribution in [0.3, 0.4) is 0 Å². The van der Waals surface area contributed by atoms with Gasteiger partial charge in [-0.2, -0.15) is 35.1 Å². The van der Waals surface area contributed by atoms with Crippen LogP contribution >= 0.6 is 0 Å². The number of nitrogens with zero attached hydrogens (tertiary/aromatic N) is 1. The van der Waals surface area contributed by atoms with Crippen LogP contribution in [0.5, 0.6) is 0 Å². The molecule has 0 amide bonds. The summed E-state index contributed by atoms with van der Waals surface area (Å²) in [6.07, 6.45) is -11.0. The quantitative estimate of drug-likeness (QED) is 0.697. The third-order valence-corrected chi connectivity index (χ3v) is 4.24. The Kier molecular flexibility index (Phi) is 5.41. The van der Waals surface area contributed by atoms with Crippen molar-refractivity contribution in [1.29, 1.82) is 0 Å². The summed E-state index contributed by atoms with van der Waals surface area (Å²) < 4.78 is 106. The van der Waals surface area contributed by atoms with Gasteiger partial charge in [-0.15, -0.1) is 0 Å². The molecule has 2 rings (SSSR count). The minimum absolute atomic E-state index is 0.334. The monoisotopic (exact) mass is 413 g/mol. The van der Waals surface area contributed by atoms with E-state index < -0.39 is 40.6 Å². The van der Waals surface area contributed by atoms with Crippen molar-refractivity contribution in [2.45, 2.75) is 23.9 Å². The van der Waals surface area contributed by atoms with Gasteiger partial charge < -0.3 is 10.0 Å². The summed E-state index contributed by atoms with van der Waals surface area (Å²) in [5.41, 5.74) is -6.58. The van der Waals surface area contributed by atoms with Gasteiger partial charge in [-0.1, -0.05) is 24.3 Å².